The third-order valence-electron chi connectivity index (χ3n) is 7.02. The SMILES string of the molecule is Nc1cnn(Cc2ccc(C(F)(F)F)cc2C(F)(F)F)c1.O=C(Nc1cnn(Cc2ccc(C(F)(F)F)cc2C(F)(F)F)c1)c1ccon1.O=C(O)c1ccon1. The monoisotopic (exact) mass is 826 g/mol. The summed E-state index contributed by atoms with van der Waals surface area (Å²) >= 11 is 0. The summed E-state index contributed by atoms with van der Waals surface area (Å²) in [5, 5.41) is 24.6. The Morgan fingerprint density at radius 3 is 1.47 bits per heavy atom. The van der Waals surface area contributed by atoms with E-state index in [0.717, 1.165) is 21.5 Å². The first-order valence-electron chi connectivity index (χ1n) is 15.1. The van der Waals surface area contributed by atoms with E-state index in [1.807, 2.05) is 0 Å². The Balaban J connectivity index is 0.000000217. The first kappa shape index (κ1) is 42.9. The number of nitrogens with two attached hydrogens (primary N) is 1. The number of anilines is 2. The molecule has 0 aliphatic rings. The van der Waals surface area contributed by atoms with Crippen LogP contribution in [0.3, 0.4) is 0 Å². The number of carbonyl (C=O) groups is 2. The van der Waals surface area contributed by atoms with Crippen molar-refractivity contribution in [3.8, 4) is 0 Å². The Hall–Kier alpha value is -6.82. The quantitative estimate of drug-likeness (QED) is 0.133. The van der Waals surface area contributed by atoms with Crippen molar-refractivity contribution < 1.29 is 76.4 Å². The van der Waals surface area contributed by atoms with Crippen molar-refractivity contribution in [2.75, 3.05) is 11.1 Å². The van der Waals surface area contributed by atoms with Crippen molar-refractivity contribution in [1.82, 2.24) is 29.9 Å². The number of rotatable bonds is 7. The van der Waals surface area contributed by atoms with Crippen molar-refractivity contribution >= 4 is 23.3 Å². The van der Waals surface area contributed by atoms with Crippen LogP contribution >= 0.6 is 0 Å². The van der Waals surface area contributed by atoms with E-state index in [2.05, 4.69) is 34.9 Å². The maximum Gasteiger partial charge on any atom is 0.416 e. The highest BCUT2D eigenvalue weighted by Crippen LogP contribution is 2.39. The number of carboxylic acid groups (broad SMARTS) is 1. The average Bonchev–Trinajstić information content (AvgIpc) is 3.94. The van der Waals surface area contributed by atoms with Crippen molar-refractivity contribution in [1.29, 1.82) is 0 Å². The number of aromatic nitrogens is 6. The summed E-state index contributed by atoms with van der Waals surface area (Å²) in [5.74, 6) is -1.70. The summed E-state index contributed by atoms with van der Waals surface area (Å²) in [4.78, 5) is 21.8. The Labute approximate surface area is 309 Å². The van der Waals surface area contributed by atoms with Gasteiger partial charge in [-0.1, -0.05) is 22.4 Å². The van der Waals surface area contributed by atoms with E-state index in [4.69, 9.17) is 10.8 Å². The minimum absolute atomic E-state index is 0.0187. The molecule has 25 heteroatoms. The summed E-state index contributed by atoms with van der Waals surface area (Å²) < 4.78 is 165. The number of benzene rings is 2. The van der Waals surface area contributed by atoms with Gasteiger partial charge in [-0.15, -0.1) is 0 Å². The first-order valence-corrected chi connectivity index (χ1v) is 15.1. The number of aromatic carboxylic acids is 1. The molecule has 0 saturated carbocycles. The summed E-state index contributed by atoms with van der Waals surface area (Å²) in [6, 6.07) is 5.47. The van der Waals surface area contributed by atoms with Gasteiger partial charge in [-0.2, -0.15) is 62.9 Å². The fraction of sp³-hybridized carbons (Fsp3) is 0.188. The number of hydrogen-bond acceptors (Lipinski definition) is 9. The van der Waals surface area contributed by atoms with Gasteiger partial charge in [-0.25, -0.2) is 4.79 Å². The largest absolute Gasteiger partial charge is 0.476 e. The van der Waals surface area contributed by atoms with Gasteiger partial charge < -0.3 is 25.2 Å². The lowest BCUT2D eigenvalue weighted by Gasteiger charge is -2.16. The lowest BCUT2D eigenvalue weighted by Crippen LogP contribution is -2.15. The highest BCUT2D eigenvalue weighted by molar-refractivity contribution is 6.02. The fourth-order valence-corrected chi connectivity index (χ4v) is 4.49. The predicted octanol–water partition coefficient (Wildman–Crippen LogP) is 8.13. The van der Waals surface area contributed by atoms with Gasteiger partial charge in [0.05, 0.1) is 59.1 Å². The van der Waals surface area contributed by atoms with Crippen LogP contribution < -0.4 is 11.1 Å². The van der Waals surface area contributed by atoms with Gasteiger partial charge in [0.25, 0.3) is 5.91 Å². The summed E-state index contributed by atoms with van der Waals surface area (Å²) in [7, 11) is 0. The minimum Gasteiger partial charge on any atom is -0.476 e. The number of nitrogen functional groups attached to an aromatic ring is 1. The second-order valence-corrected chi connectivity index (χ2v) is 11.2. The van der Waals surface area contributed by atoms with Crippen LogP contribution in [0.25, 0.3) is 0 Å². The Morgan fingerprint density at radius 2 is 1.11 bits per heavy atom. The third-order valence-corrected chi connectivity index (χ3v) is 7.02. The van der Waals surface area contributed by atoms with Gasteiger partial charge in [0.1, 0.15) is 12.5 Å². The molecule has 0 bridgehead atoms. The van der Waals surface area contributed by atoms with Crippen molar-refractivity contribution in [2.45, 2.75) is 37.8 Å². The zero-order chi connectivity index (χ0) is 42.3. The highest BCUT2D eigenvalue weighted by atomic mass is 19.4. The van der Waals surface area contributed by atoms with Gasteiger partial charge >= 0.3 is 30.7 Å². The molecule has 0 aliphatic heterocycles. The minimum atomic E-state index is -4.98. The van der Waals surface area contributed by atoms with E-state index in [1.165, 1.54) is 49.4 Å². The molecule has 304 valence electrons. The Kier molecular flexibility index (Phi) is 12.7. The molecule has 0 spiro atoms. The molecule has 4 aromatic heterocycles. The van der Waals surface area contributed by atoms with E-state index in [1.54, 1.807) is 0 Å². The molecular formula is C32H22F12N8O5. The van der Waals surface area contributed by atoms with E-state index >= 15 is 0 Å². The molecule has 1 amide bonds. The van der Waals surface area contributed by atoms with Crippen LogP contribution in [-0.4, -0.2) is 46.9 Å². The number of nitrogens with one attached hydrogen (secondary N) is 1. The molecule has 4 heterocycles. The second-order valence-electron chi connectivity index (χ2n) is 11.2. The van der Waals surface area contributed by atoms with Crippen LogP contribution in [0.15, 0.2) is 94.9 Å². The van der Waals surface area contributed by atoms with Crippen molar-refractivity contribution in [3.05, 3.63) is 131 Å². The number of carbonyl (C=O) groups excluding carboxylic acids is 1. The van der Waals surface area contributed by atoms with Crippen LogP contribution in [-0.2, 0) is 37.8 Å². The fourth-order valence-electron chi connectivity index (χ4n) is 4.49. The van der Waals surface area contributed by atoms with Crippen LogP contribution in [0, 0.1) is 0 Å². The Bertz CT molecular complexity index is 2260. The van der Waals surface area contributed by atoms with Gasteiger partial charge in [0.2, 0.25) is 0 Å². The molecule has 6 aromatic rings. The molecule has 2 aromatic carbocycles. The molecule has 0 unspecified atom stereocenters. The Morgan fingerprint density at radius 1 is 0.649 bits per heavy atom. The smallest absolute Gasteiger partial charge is 0.416 e. The van der Waals surface area contributed by atoms with E-state index in [9.17, 15) is 62.3 Å². The second kappa shape index (κ2) is 16.9. The molecule has 0 radical (unpaired) electrons. The number of nitrogens with zero attached hydrogens (tertiary/aromatic N) is 6. The molecule has 13 nitrogen and oxygen atoms in total. The number of alkyl halides is 12. The molecule has 0 fully saturated rings. The maximum absolute atomic E-state index is 13.2. The predicted molar refractivity (Wildman–Crippen MR) is 168 cm³/mol. The molecule has 4 N–H and O–H groups in total. The molecule has 0 saturated heterocycles. The van der Waals surface area contributed by atoms with Crippen LogP contribution in [0.4, 0.5) is 64.1 Å². The van der Waals surface area contributed by atoms with E-state index in [-0.39, 0.29) is 47.0 Å². The van der Waals surface area contributed by atoms with Gasteiger partial charge in [0, 0.05) is 24.5 Å². The molecule has 57 heavy (non-hydrogen) atoms. The van der Waals surface area contributed by atoms with Gasteiger partial charge in [-0.3, -0.25) is 14.2 Å². The topological polar surface area (TPSA) is 180 Å². The van der Waals surface area contributed by atoms with Gasteiger partial charge in [0.15, 0.2) is 11.4 Å². The lowest BCUT2D eigenvalue weighted by molar-refractivity contribution is -0.145. The molecule has 0 atom stereocenters. The number of carboxylic acids is 1. The summed E-state index contributed by atoms with van der Waals surface area (Å²) in [6.45, 7) is -0.781. The molecule has 0 aliphatic carbocycles. The van der Waals surface area contributed by atoms with Gasteiger partial charge in [-0.05, 0) is 35.4 Å². The van der Waals surface area contributed by atoms with Crippen LogP contribution in [0.2, 0.25) is 0 Å². The zero-order valence-electron chi connectivity index (χ0n) is 27.9. The standard InChI is InChI=1S/C16H10F6N4O2.C12H9F6N3.C4H3NO3/c17-15(18,19)10-2-1-9(12(5-10)16(20,21)22)7-26-8-11(6-23-26)24-14(27)13-3-4-28-25-13;13-11(14,15)8-2-1-7(10(3-8)12(16,17)18)5-21-6-9(19)4-20-21;6-4(7)3-1-2-8-5-3/h1-6,8H,7H2,(H,24,27);1-4,6H,5,19H2;1-2H,(H,6,7). The van der Waals surface area contributed by atoms with Crippen LogP contribution in [0.1, 0.15) is 54.4 Å². The number of halogens is 12. The molecule has 6 rings (SSSR count). The first-order chi connectivity index (χ1) is 26.4. The van der Waals surface area contributed by atoms with Crippen LogP contribution in [0.5, 0.6) is 0 Å². The summed E-state index contributed by atoms with van der Waals surface area (Å²) in [6.07, 6.45) is -12.3. The normalized spacial score (nSPS) is 11.9. The molecular weight excluding hydrogens is 804 g/mol. The lowest BCUT2D eigenvalue weighted by atomic mass is 10.0. The van der Waals surface area contributed by atoms with Crippen molar-refractivity contribution in [2.24, 2.45) is 0 Å². The number of hydrogen-bond donors (Lipinski definition) is 3. The van der Waals surface area contributed by atoms with E-state index < -0.39 is 70.9 Å². The van der Waals surface area contributed by atoms with Crippen molar-refractivity contribution in [3.63, 3.8) is 0 Å². The third kappa shape index (κ3) is 12.1. The average molecular weight is 827 g/mol. The summed E-state index contributed by atoms with van der Waals surface area (Å²) in [5.41, 5.74) is -0.519. The van der Waals surface area contributed by atoms with E-state index in [0.29, 0.717) is 12.1 Å². The number of amides is 1. The zero-order valence-corrected chi connectivity index (χ0v) is 27.9. The highest BCUT2D eigenvalue weighted by Gasteiger charge is 2.39. The maximum atomic E-state index is 13.2.